The average molecular weight is 439 g/mol. The monoisotopic (exact) mass is 438 g/mol. The van der Waals surface area contributed by atoms with Crippen LogP contribution in [0.4, 0.5) is 0 Å². The lowest BCUT2D eigenvalue weighted by Gasteiger charge is -2.45. The van der Waals surface area contributed by atoms with Crippen molar-refractivity contribution in [3.8, 4) is 0 Å². The lowest BCUT2D eigenvalue weighted by molar-refractivity contribution is -0.137. The highest BCUT2D eigenvalue weighted by Gasteiger charge is 2.43. The summed E-state index contributed by atoms with van der Waals surface area (Å²) in [5, 5.41) is 2.89. The maximum atomic E-state index is 12.0. The number of amides is 4. The summed E-state index contributed by atoms with van der Waals surface area (Å²) < 4.78 is 0. The quantitative estimate of drug-likeness (QED) is 0.229. The molecule has 0 spiro atoms. The van der Waals surface area contributed by atoms with Crippen molar-refractivity contribution in [1.29, 1.82) is 0 Å². The smallest absolute Gasteiger partial charge is 0.253 e. The van der Waals surface area contributed by atoms with E-state index in [-0.39, 0.29) is 47.7 Å². The number of unbranched alkanes of at least 4 members (excludes halogenated alkanes) is 1. The van der Waals surface area contributed by atoms with Gasteiger partial charge in [-0.05, 0) is 30.2 Å². The van der Waals surface area contributed by atoms with Gasteiger partial charge in [-0.3, -0.25) is 24.1 Å². The molecule has 0 saturated carbocycles. The van der Waals surface area contributed by atoms with Gasteiger partial charge in [-0.2, -0.15) is 0 Å². The van der Waals surface area contributed by atoms with E-state index in [1.807, 2.05) is 0 Å². The fourth-order valence-corrected chi connectivity index (χ4v) is 6.26. The number of primary amides is 1. The number of rotatable bonds is 13. The standard InChI is InChI=1S/C21H38N4O4Si/c1-15(2)21(3,4)30(5,6)24-16(20(22)29)9-7-8-13-23-17(26)12-14-25-18(27)10-11-19(25)28/h10-11,15-16,24H,7-9,12-14H2,1-6H3,(H2,22,29)(H,23,26). The van der Waals surface area contributed by atoms with E-state index in [9.17, 15) is 19.2 Å². The van der Waals surface area contributed by atoms with Crippen molar-refractivity contribution in [3.05, 3.63) is 12.2 Å². The zero-order chi connectivity index (χ0) is 23.1. The summed E-state index contributed by atoms with van der Waals surface area (Å²) in [6, 6.07) is -0.375. The lowest BCUT2D eigenvalue weighted by atomic mass is 9.99. The number of imide groups is 1. The van der Waals surface area contributed by atoms with E-state index < -0.39 is 8.24 Å². The van der Waals surface area contributed by atoms with Crippen LogP contribution in [0.15, 0.2) is 12.2 Å². The Labute approximate surface area is 181 Å². The van der Waals surface area contributed by atoms with Crippen molar-refractivity contribution in [2.24, 2.45) is 11.7 Å². The Morgan fingerprint density at radius 2 is 1.70 bits per heavy atom. The molecule has 0 aromatic rings. The van der Waals surface area contributed by atoms with Crippen LogP contribution < -0.4 is 16.0 Å². The maximum absolute atomic E-state index is 12.0. The van der Waals surface area contributed by atoms with Gasteiger partial charge in [0.1, 0.15) is 8.24 Å². The maximum Gasteiger partial charge on any atom is 0.253 e. The highest BCUT2D eigenvalue weighted by molar-refractivity contribution is 6.78. The molecular formula is C21H38N4O4Si. The first-order valence-corrected chi connectivity index (χ1v) is 13.7. The number of carbonyl (C=O) groups is 4. The Hall–Kier alpha value is -2.00. The molecule has 1 atom stereocenters. The van der Waals surface area contributed by atoms with Crippen LogP contribution >= 0.6 is 0 Å². The molecule has 0 aromatic heterocycles. The van der Waals surface area contributed by atoms with Gasteiger partial charge in [0.15, 0.2) is 0 Å². The fraction of sp³-hybridized carbons (Fsp3) is 0.714. The topological polar surface area (TPSA) is 122 Å². The molecular weight excluding hydrogens is 400 g/mol. The molecule has 9 heteroatoms. The molecule has 4 N–H and O–H groups in total. The summed E-state index contributed by atoms with van der Waals surface area (Å²) in [6.45, 7) is 13.9. The molecule has 1 aliphatic rings. The predicted molar refractivity (Wildman–Crippen MR) is 120 cm³/mol. The van der Waals surface area contributed by atoms with Crippen molar-refractivity contribution < 1.29 is 19.2 Å². The third-order valence-corrected chi connectivity index (χ3v) is 11.5. The van der Waals surface area contributed by atoms with Gasteiger partial charge in [-0.25, -0.2) is 0 Å². The van der Waals surface area contributed by atoms with E-state index in [1.165, 1.54) is 12.2 Å². The molecule has 4 amide bonds. The summed E-state index contributed by atoms with van der Waals surface area (Å²) in [5.41, 5.74) is 5.63. The number of carbonyl (C=O) groups excluding carboxylic acids is 4. The van der Waals surface area contributed by atoms with E-state index in [4.69, 9.17) is 5.73 Å². The minimum absolute atomic E-state index is 0.0781. The fourth-order valence-electron chi connectivity index (χ4n) is 3.28. The largest absolute Gasteiger partial charge is 0.368 e. The molecule has 0 saturated heterocycles. The first-order valence-electron chi connectivity index (χ1n) is 10.7. The molecule has 1 unspecified atom stereocenters. The van der Waals surface area contributed by atoms with Gasteiger partial charge in [0.2, 0.25) is 11.8 Å². The minimum Gasteiger partial charge on any atom is -0.368 e. The first kappa shape index (κ1) is 26.0. The molecule has 170 valence electrons. The second-order valence-electron chi connectivity index (χ2n) is 9.36. The molecule has 1 aliphatic heterocycles. The number of nitrogens with one attached hydrogen (secondary N) is 2. The molecule has 30 heavy (non-hydrogen) atoms. The average Bonchev–Trinajstić information content (AvgIpc) is 2.96. The zero-order valence-corrected chi connectivity index (χ0v) is 20.2. The summed E-state index contributed by atoms with van der Waals surface area (Å²) in [6.07, 6.45) is 4.58. The van der Waals surface area contributed by atoms with Crippen LogP contribution in [0.25, 0.3) is 0 Å². The Balaban J connectivity index is 2.36. The summed E-state index contributed by atoms with van der Waals surface area (Å²) in [7, 11) is -1.93. The van der Waals surface area contributed by atoms with Crippen molar-refractivity contribution in [3.63, 3.8) is 0 Å². The normalized spacial score (nSPS) is 15.8. The Kier molecular flexibility index (Phi) is 9.42. The highest BCUT2D eigenvalue weighted by Crippen LogP contribution is 2.42. The van der Waals surface area contributed by atoms with E-state index in [1.54, 1.807) is 0 Å². The molecule has 8 nitrogen and oxygen atoms in total. The molecule has 0 aromatic carbocycles. The van der Waals surface area contributed by atoms with E-state index in [2.05, 4.69) is 51.1 Å². The van der Waals surface area contributed by atoms with Gasteiger partial charge in [0.05, 0.1) is 6.04 Å². The van der Waals surface area contributed by atoms with E-state index in [0.29, 0.717) is 18.9 Å². The van der Waals surface area contributed by atoms with Gasteiger partial charge >= 0.3 is 0 Å². The summed E-state index contributed by atoms with van der Waals surface area (Å²) >= 11 is 0. The van der Waals surface area contributed by atoms with Crippen LogP contribution in [0.2, 0.25) is 18.1 Å². The number of nitrogens with zero attached hydrogens (tertiary/aromatic N) is 1. The van der Waals surface area contributed by atoms with Gasteiger partial charge in [-0.1, -0.05) is 40.8 Å². The molecule has 1 rings (SSSR count). The van der Waals surface area contributed by atoms with Crippen molar-refractivity contribution in [2.45, 2.75) is 77.6 Å². The SMILES string of the molecule is CC(C)C(C)(C)[Si](C)(C)NC(CCCCNC(=O)CCN1C(=O)C=CC1=O)C(N)=O. The third kappa shape index (κ3) is 7.05. The molecule has 0 fully saturated rings. The Bertz CT molecular complexity index is 670. The minimum atomic E-state index is -1.93. The molecule has 0 radical (unpaired) electrons. The molecule has 1 heterocycles. The second-order valence-corrected chi connectivity index (χ2v) is 14.2. The van der Waals surface area contributed by atoms with Crippen LogP contribution in [-0.4, -0.2) is 55.9 Å². The van der Waals surface area contributed by atoms with Gasteiger partial charge in [-0.15, -0.1) is 0 Å². The van der Waals surface area contributed by atoms with Gasteiger partial charge in [0.25, 0.3) is 11.8 Å². The second kappa shape index (κ2) is 10.9. The van der Waals surface area contributed by atoms with Crippen molar-refractivity contribution >= 4 is 31.9 Å². The van der Waals surface area contributed by atoms with E-state index >= 15 is 0 Å². The number of nitrogens with two attached hydrogens (primary N) is 1. The summed E-state index contributed by atoms with van der Waals surface area (Å²) in [5.74, 6) is -0.834. The highest BCUT2D eigenvalue weighted by atomic mass is 28.3. The van der Waals surface area contributed by atoms with E-state index in [0.717, 1.165) is 17.7 Å². The van der Waals surface area contributed by atoms with Crippen LogP contribution in [0, 0.1) is 5.92 Å². The molecule has 0 aliphatic carbocycles. The van der Waals surface area contributed by atoms with Crippen LogP contribution in [0.3, 0.4) is 0 Å². The first-order chi connectivity index (χ1) is 13.8. The van der Waals surface area contributed by atoms with Crippen molar-refractivity contribution in [1.82, 2.24) is 15.2 Å². The van der Waals surface area contributed by atoms with Gasteiger partial charge in [0, 0.05) is 31.7 Å². The predicted octanol–water partition coefficient (Wildman–Crippen LogP) is 1.67. The van der Waals surface area contributed by atoms with Crippen LogP contribution in [0.1, 0.15) is 53.4 Å². The van der Waals surface area contributed by atoms with Crippen LogP contribution in [0.5, 0.6) is 0 Å². The zero-order valence-electron chi connectivity index (χ0n) is 19.2. The number of hydrogen-bond acceptors (Lipinski definition) is 5. The molecule has 0 bridgehead atoms. The number of hydrogen-bond donors (Lipinski definition) is 3. The van der Waals surface area contributed by atoms with Crippen molar-refractivity contribution in [2.75, 3.05) is 13.1 Å². The summed E-state index contributed by atoms with van der Waals surface area (Å²) in [4.78, 5) is 51.4. The van der Waals surface area contributed by atoms with Crippen LogP contribution in [-0.2, 0) is 19.2 Å². The third-order valence-electron chi connectivity index (χ3n) is 6.64. The Morgan fingerprint density at radius 3 is 2.20 bits per heavy atom. The Morgan fingerprint density at radius 1 is 1.13 bits per heavy atom. The van der Waals surface area contributed by atoms with Gasteiger partial charge < -0.3 is 16.0 Å². The lowest BCUT2D eigenvalue weighted by Crippen LogP contribution is -2.61.